The molecule has 1 aromatic rings. The molecule has 0 aliphatic rings. The van der Waals surface area contributed by atoms with Gasteiger partial charge in [0.15, 0.2) is 8.32 Å². The Balaban J connectivity index is -0.000000252. The molecule has 0 amide bonds. The highest BCUT2D eigenvalue weighted by molar-refractivity contribution is 6.85. The van der Waals surface area contributed by atoms with Crippen molar-refractivity contribution in [2.45, 2.75) is 57.2 Å². The van der Waals surface area contributed by atoms with Gasteiger partial charge in [0.05, 0.1) is 0 Å². The second-order valence-corrected chi connectivity index (χ2v) is 26.9. The third kappa shape index (κ3) is 30.9. The summed E-state index contributed by atoms with van der Waals surface area (Å²) >= 11 is 0. The summed E-state index contributed by atoms with van der Waals surface area (Å²) in [7, 11) is 9.41. The van der Waals surface area contributed by atoms with Crippen LogP contribution in [0.2, 0.25) is 44.3 Å². The summed E-state index contributed by atoms with van der Waals surface area (Å²) in [5.41, 5.74) is 1.78. The molecule has 0 saturated carbocycles. The van der Waals surface area contributed by atoms with E-state index in [1.165, 1.54) is 0 Å². The Labute approximate surface area is 296 Å². The molecular weight excluding hydrogens is 683 g/mol. The van der Waals surface area contributed by atoms with Crippen LogP contribution in [0, 0.1) is 0 Å². The first-order valence-electron chi connectivity index (χ1n) is 15.7. The van der Waals surface area contributed by atoms with E-state index in [1.54, 1.807) is 69.7 Å². The van der Waals surface area contributed by atoms with Crippen LogP contribution in [0.15, 0.2) is 67.9 Å². The van der Waals surface area contributed by atoms with Crippen molar-refractivity contribution in [3.8, 4) is 0 Å². The van der Waals surface area contributed by atoms with Crippen LogP contribution in [0.3, 0.4) is 0 Å². The third-order valence-corrected chi connectivity index (χ3v) is 17.3. The monoisotopic (exact) mass is 753 g/mol. The molecule has 0 atom stereocenters. The quantitative estimate of drug-likeness (QED) is 0.104. The van der Waals surface area contributed by atoms with Gasteiger partial charge in [-0.25, -0.2) is 0 Å². The molecule has 0 unspecified atom stereocenters. The average molecular weight is 754 g/mol. The van der Waals surface area contributed by atoms with Gasteiger partial charge in [-0.2, -0.15) is 0 Å². The van der Waals surface area contributed by atoms with Crippen LogP contribution in [0.25, 0.3) is 0 Å². The number of nitrogens with one attached hydrogen (secondary N) is 1. The number of hydrogen-bond acceptors (Lipinski definition) is 10. The van der Waals surface area contributed by atoms with Gasteiger partial charge in [-0.15, -0.1) is 19.7 Å². The van der Waals surface area contributed by atoms with E-state index in [0.717, 1.165) is 42.7 Å². The molecule has 1 rings (SSSR count). The summed E-state index contributed by atoms with van der Waals surface area (Å²) in [5, 5.41) is 4.18. The first-order chi connectivity index (χ1) is 22.2. The highest BCUT2D eigenvalue weighted by atomic mass is 28.4. The van der Waals surface area contributed by atoms with Gasteiger partial charge in [0.1, 0.15) is 0 Å². The van der Waals surface area contributed by atoms with Gasteiger partial charge in [0.2, 0.25) is 0 Å². The van der Waals surface area contributed by atoms with Crippen LogP contribution >= 0.6 is 0 Å². The molecular formula is C32H71NO9Si5. The van der Waals surface area contributed by atoms with Crippen molar-refractivity contribution in [2.24, 2.45) is 0 Å². The van der Waals surface area contributed by atoms with Crippen molar-refractivity contribution in [1.82, 2.24) is 5.32 Å². The Kier molecular flexibility index (Phi) is 39.4. The van der Waals surface area contributed by atoms with Crippen molar-refractivity contribution in [3.05, 3.63) is 67.9 Å². The fourth-order valence-corrected chi connectivity index (χ4v) is 8.44. The molecule has 10 nitrogen and oxygen atoms in total. The molecule has 278 valence electrons. The summed E-state index contributed by atoms with van der Waals surface area (Å²) in [4.78, 5) is 0. The van der Waals surface area contributed by atoms with Gasteiger partial charge in [0, 0.05) is 70.0 Å². The number of rotatable bonds is 20. The summed E-state index contributed by atoms with van der Waals surface area (Å²) in [6, 6.07) is 12.9. The molecule has 47 heavy (non-hydrogen) atoms. The maximum atomic E-state index is 5.42. The molecule has 0 aliphatic heterocycles. The lowest BCUT2D eigenvalue weighted by Gasteiger charge is -2.23. The summed E-state index contributed by atoms with van der Waals surface area (Å²) < 4.78 is 46.7. The Morgan fingerprint density at radius 2 is 1.15 bits per heavy atom. The smallest absolute Gasteiger partial charge is 0.398 e. The number of allylic oxidation sites excluding steroid dienone is 2. The van der Waals surface area contributed by atoms with Gasteiger partial charge in [-0.1, -0.05) is 42.5 Å². The lowest BCUT2D eigenvalue weighted by molar-refractivity contribution is 0.248. The molecule has 0 spiro atoms. The fraction of sp³-hybridized carbons (Fsp3) is 0.625. The van der Waals surface area contributed by atoms with E-state index >= 15 is 0 Å². The van der Waals surface area contributed by atoms with Crippen LogP contribution in [0.1, 0.15) is 12.8 Å². The summed E-state index contributed by atoms with van der Waals surface area (Å²) in [5.74, 6) is 0. The summed E-state index contributed by atoms with van der Waals surface area (Å²) in [6.45, 7) is 20.5. The summed E-state index contributed by atoms with van der Waals surface area (Å²) in [6.07, 6.45) is 5.83. The SMILES string of the molecule is C=CCC[SiH](OC)OC.C=CC[SiH](OC)OC.C=C[Si](OC)(OC)c1ccccc1.CNCCC[Si](C)(OC)OC.CO[Si](C)(C)C. The minimum absolute atomic E-state index is 0.882. The zero-order valence-corrected chi connectivity index (χ0v) is 37.6. The Bertz CT molecular complexity index is 821. The molecule has 0 bridgehead atoms. The second kappa shape index (κ2) is 35.0. The van der Waals surface area contributed by atoms with Crippen LogP contribution in [-0.4, -0.2) is 122 Å². The first kappa shape index (κ1) is 52.9. The molecule has 0 aliphatic carbocycles. The lowest BCUT2D eigenvalue weighted by atomic mass is 10.4. The van der Waals surface area contributed by atoms with Crippen LogP contribution in [0.4, 0.5) is 0 Å². The lowest BCUT2D eigenvalue weighted by Crippen LogP contribution is -2.50. The maximum absolute atomic E-state index is 5.42. The van der Waals surface area contributed by atoms with Gasteiger partial charge < -0.3 is 45.2 Å². The molecule has 0 aromatic heterocycles. The van der Waals surface area contributed by atoms with Gasteiger partial charge in [-0.05, 0) is 75.6 Å². The van der Waals surface area contributed by atoms with E-state index in [0.29, 0.717) is 0 Å². The van der Waals surface area contributed by atoms with Crippen LogP contribution in [-0.2, 0) is 39.8 Å². The zero-order chi connectivity index (χ0) is 37.2. The fourth-order valence-electron chi connectivity index (χ4n) is 3.16. The highest BCUT2D eigenvalue weighted by Crippen LogP contribution is 2.12. The van der Waals surface area contributed by atoms with Crippen molar-refractivity contribution in [2.75, 3.05) is 77.6 Å². The number of benzene rings is 1. The average Bonchev–Trinajstić information content (AvgIpc) is 3.10. The Morgan fingerprint density at radius 1 is 0.681 bits per heavy atom. The topological polar surface area (TPSA) is 95.1 Å². The van der Waals surface area contributed by atoms with Crippen molar-refractivity contribution < 1.29 is 39.8 Å². The van der Waals surface area contributed by atoms with Gasteiger partial charge >= 0.3 is 35.7 Å². The van der Waals surface area contributed by atoms with Gasteiger partial charge in [0.25, 0.3) is 0 Å². The van der Waals surface area contributed by atoms with E-state index in [4.69, 9.17) is 39.8 Å². The predicted molar refractivity (Wildman–Crippen MR) is 212 cm³/mol. The molecule has 0 fully saturated rings. The van der Waals surface area contributed by atoms with Crippen molar-refractivity contribution in [1.29, 1.82) is 0 Å². The minimum atomic E-state index is -2.33. The van der Waals surface area contributed by atoms with E-state index in [-0.39, 0.29) is 0 Å². The standard InChI is InChI=1S/C10H14O2Si.C7H19NO2Si.C6H14O2Si.C5H12O2Si.C4H12OSi/c1-4-13(11-2,12-3)10-8-6-5-7-9-10;1-8-6-5-7-11(4,9-2)10-3;1-4-5-6-9(7-2)8-3;1-4-5-8(6-2)7-3;1-5-6(2,3)4/h4-9H,1H2,2-3H3;8H,5-7H2,1-4H3;4,9H,1,5-6H2,2-3H3;4,8H,1,5H2,2-3H3;1-4H3. The predicted octanol–water partition coefficient (Wildman–Crippen LogP) is 5.54. The molecule has 1 N–H and O–H groups in total. The Hall–Kier alpha value is -0.876. The van der Waals surface area contributed by atoms with E-state index in [9.17, 15) is 0 Å². The number of hydrogen-bond donors (Lipinski definition) is 1. The Morgan fingerprint density at radius 3 is 1.43 bits per heavy atom. The van der Waals surface area contributed by atoms with Crippen molar-refractivity contribution in [3.63, 3.8) is 0 Å². The zero-order valence-electron chi connectivity index (χ0n) is 32.3. The molecule has 0 radical (unpaired) electrons. The van der Waals surface area contributed by atoms with Gasteiger partial charge in [-0.3, -0.25) is 0 Å². The van der Waals surface area contributed by atoms with Crippen molar-refractivity contribution >= 4 is 49.2 Å². The van der Waals surface area contributed by atoms with E-state index in [2.05, 4.69) is 51.2 Å². The highest BCUT2D eigenvalue weighted by Gasteiger charge is 2.34. The first-order valence-corrected chi connectivity index (χ1v) is 27.0. The van der Waals surface area contributed by atoms with Crippen LogP contribution in [0.5, 0.6) is 0 Å². The molecule has 0 heterocycles. The maximum Gasteiger partial charge on any atom is 0.398 e. The second-order valence-electron chi connectivity index (χ2n) is 10.9. The molecule has 0 saturated heterocycles. The molecule has 15 heteroatoms. The van der Waals surface area contributed by atoms with Crippen LogP contribution < -0.4 is 10.5 Å². The molecule has 1 aromatic carbocycles. The van der Waals surface area contributed by atoms with E-state index in [1.807, 2.05) is 49.5 Å². The third-order valence-electron chi connectivity index (χ3n) is 6.60. The largest absolute Gasteiger partial charge is 0.421 e. The minimum Gasteiger partial charge on any atom is -0.421 e. The van der Waals surface area contributed by atoms with E-state index < -0.39 is 44.0 Å². The normalized spacial score (nSPS) is 11.1.